The SMILES string of the molecule is Cc1cc(-c2c(Cl)nc3ccccc3c2-c2cc(C)sc2C)c(C)s1. The van der Waals surface area contributed by atoms with Crippen LogP contribution in [0.5, 0.6) is 0 Å². The molecule has 4 heteroatoms. The van der Waals surface area contributed by atoms with E-state index in [2.05, 4.69) is 52.0 Å². The number of thiophene rings is 2. The molecular weight excluding hydrogens is 366 g/mol. The largest absolute Gasteiger partial charge is 0.235 e. The minimum atomic E-state index is 0.581. The van der Waals surface area contributed by atoms with Gasteiger partial charge < -0.3 is 0 Å². The van der Waals surface area contributed by atoms with Gasteiger partial charge in [0.2, 0.25) is 0 Å². The first-order valence-electron chi connectivity index (χ1n) is 8.18. The van der Waals surface area contributed by atoms with E-state index in [-0.39, 0.29) is 0 Å². The molecule has 0 saturated heterocycles. The van der Waals surface area contributed by atoms with E-state index in [0.29, 0.717) is 5.15 Å². The van der Waals surface area contributed by atoms with Crippen molar-refractivity contribution in [3.05, 3.63) is 61.1 Å². The summed E-state index contributed by atoms with van der Waals surface area (Å²) in [6.45, 7) is 8.65. The number of aromatic nitrogens is 1. The number of pyridine rings is 1. The second kappa shape index (κ2) is 6.24. The van der Waals surface area contributed by atoms with E-state index in [1.54, 1.807) is 0 Å². The number of hydrogen-bond acceptors (Lipinski definition) is 3. The molecule has 1 aromatic carbocycles. The fourth-order valence-electron chi connectivity index (χ4n) is 3.47. The summed E-state index contributed by atoms with van der Waals surface area (Å²) >= 11 is 10.4. The summed E-state index contributed by atoms with van der Waals surface area (Å²) in [5.74, 6) is 0. The molecule has 4 rings (SSSR count). The summed E-state index contributed by atoms with van der Waals surface area (Å²) in [6.07, 6.45) is 0. The monoisotopic (exact) mass is 383 g/mol. The van der Waals surface area contributed by atoms with Crippen LogP contribution >= 0.6 is 34.3 Å². The van der Waals surface area contributed by atoms with Crippen molar-refractivity contribution in [3.8, 4) is 22.3 Å². The van der Waals surface area contributed by atoms with Crippen LogP contribution in [0.2, 0.25) is 5.15 Å². The van der Waals surface area contributed by atoms with Gasteiger partial charge in [-0.2, -0.15) is 0 Å². The maximum absolute atomic E-state index is 6.73. The first-order chi connectivity index (χ1) is 12.0. The first-order valence-corrected chi connectivity index (χ1v) is 10.2. The van der Waals surface area contributed by atoms with Gasteiger partial charge in [0, 0.05) is 36.0 Å². The van der Waals surface area contributed by atoms with Gasteiger partial charge in [0.15, 0.2) is 0 Å². The average Bonchev–Trinajstić information content (AvgIpc) is 3.06. The molecule has 3 aromatic heterocycles. The predicted octanol–water partition coefficient (Wildman–Crippen LogP) is 7.58. The second-order valence-corrected chi connectivity index (χ2v) is 9.60. The van der Waals surface area contributed by atoms with Gasteiger partial charge in [-0.05, 0) is 57.0 Å². The van der Waals surface area contributed by atoms with Crippen molar-refractivity contribution in [2.24, 2.45) is 0 Å². The molecule has 0 N–H and O–H groups in total. The minimum absolute atomic E-state index is 0.581. The van der Waals surface area contributed by atoms with Crippen molar-refractivity contribution in [1.29, 1.82) is 0 Å². The molecule has 0 fully saturated rings. The first kappa shape index (κ1) is 16.8. The molecule has 1 nitrogen and oxygen atoms in total. The molecule has 0 radical (unpaired) electrons. The molecule has 0 aliphatic rings. The summed E-state index contributed by atoms with van der Waals surface area (Å²) in [7, 11) is 0. The normalized spacial score (nSPS) is 11.4. The Kier molecular flexibility index (Phi) is 4.19. The summed E-state index contributed by atoms with van der Waals surface area (Å²) in [6, 6.07) is 12.8. The zero-order chi connectivity index (χ0) is 17.7. The number of rotatable bonds is 2. The molecule has 0 aliphatic carbocycles. The standard InChI is InChI=1S/C21H18ClNS2/c1-11-9-16(13(3)24-11)19-15-7-5-6-8-18(15)23-21(22)20(19)17-10-12(2)25-14(17)4/h5-10H,1-4H3. The van der Waals surface area contributed by atoms with Gasteiger partial charge in [0.25, 0.3) is 0 Å². The van der Waals surface area contributed by atoms with Gasteiger partial charge in [-0.25, -0.2) is 4.98 Å². The number of nitrogens with zero attached hydrogens (tertiary/aromatic N) is 1. The molecule has 4 aromatic rings. The fraction of sp³-hybridized carbons (Fsp3) is 0.190. The highest BCUT2D eigenvalue weighted by Gasteiger charge is 2.21. The fourth-order valence-corrected chi connectivity index (χ4v) is 5.61. The van der Waals surface area contributed by atoms with Crippen LogP contribution in [0, 0.1) is 27.7 Å². The summed E-state index contributed by atoms with van der Waals surface area (Å²) in [5, 5.41) is 1.74. The lowest BCUT2D eigenvalue weighted by Gasteiger charge is -2.15. The number of hydrogen-bond donors (Lipinski definition) is 0. The number of benzene rings is 1. The van der Waals surface area contributed by atoms with E-state index in [4.69, 9.17) is 16.6 Å². The van der Waals surface area contributed by atoms with Crippen molar-refractivity contribution < 1.29 is 0 Å². The van der Waals surface area contributed by atoms with Crippen molar-refractivity contribution in [1.82, 2.24) is 4.98 Å². The van der Waals surface area contributed by atoms with E-state index in [1.165, 1.54) is 36.2 Å². The summed E-state index contributed by atoms with van der Waals surface area (Å²) in [5.41, 5.74) is 5.67. The Labute approximate surface area is 160 Å². The highest BCUT2D eigenvalue weighted by atomic mass is 35.5. The summed E-state index contributed by atoms with van der Waals surface area (Å²) < 4.78 is 0. The van der Waals surface area contributed by atoms with Crippen LogP contribution in [0.15, 0.2) is 36.4 Å². The maximum atomic E-state index is 6.73. The van der Waals surface area contributed by atoms with Crippen molar-refractivity contribution in [2.75, 3.05) is 0 Å². The molecular formula is C21H18ClNS2. The molecule has 0 saturated carbocycles. The lowest BCUT2D eigenvalue weighted by Crippen LogP contribution is -1.93. The molecule has 0 bridgehead atoms. The molecule has 0 amide bonds. The minimum Gasteiger partial charge on any atom is -0.235 e. The molecule has 0 aliphatic heterocycles. The van der Waals surface area contributed by atoms with E-state index in [1.807, 2.05) is 34.8 Å². The molecule has 0 unspecified atom stereocenters. The van der Waals surface area contributed by atoms with Crippen molar-refractivity contribution in [2.45, 2.75) is 27.7 Å². The van der Waals surface area contributed by atoms with E-state index in [9.17, 15) is 0 Å². The van der Waals surface area contributed by atoms with Crippen LogP contribution in [0.25, 0.3) is 33.2 Å². The van der Waals surface area contributed by atoms with Crippen LogP contribution in [0.3, 0.4) is 0 Å². The zero-order valence-electron chi connectivity index (χ0n) is 14.6. The Morgan fingerprint density at radius 2 is 1.36 bits per heavy atom. The Bertz CT molecular complexity index is 1100. The molecule has 25 heavy (non-hydrogen) atoms. The highest BCUT2D eigenvalue weighted by molar-refractivity contribution is 7.12. The van der Waals surface area contributed by atoms with E-state index in [0.717, 1.165) is 16.5 Å². The summed E-state index contributed by atoms with van der Waals surface area (Å²) in [4.78, 5) is 9.90. The van der Waals surface area contributed by atoms with Crippen LogP contribution in [-0.4, -0.2) is 4.98 Å². The van der Waals surface area contributed by atoms with Crippen LogP contribution in [0.4, 0.5) is 0 Å². The molecule has 3 heterocycles. The highest BCUT2D eigenvalue weighted by Crippen LogP contribution is 2.46. The lowest BCUT2D eigenvalue weighted by atomic mass is 9.93. The van der Waals surface area contributed by atoms with Gasteiger partial charge >= 0.3 is 0 Å². The van der Waals surface area contributed by atoms with Crippen LogP contribution < -0.4 is 0 Å². The molecule has 0 atom stereocenters. The molecule has 0 spiro atoms. The van der Waals surface area contributed by atoms with Gasteiger partial charge in [0.05, 0.1) is 5.52 Å². The molecule has 126 valence electrons. The number of fused-ring (bicyclic) bond motifs is 1. The number of halogens is 1. The van der Waals surface area contributed by atoms with Gasteiger partial charge in [-0.3, -0.25) is 0 Å². The maximum Gasteiger partial charge on any atom is 0.138 e. The Morgan fingerprint density at radius 3 is 1.92 bits per heavy atom. The third-order valence-electron chi connectivity index (χ3n) is 4.47. The quantitative estimate of drug-likeness (QED) is 0.325. The van der Waals surface area contributed by atoms with Gasteiger partial charge in [-0.1, -0.05) is 29.8 Å². The Hall–Kier alpha value is -1.68. The smallest absolute Gasteiger partial charge is 0.138 e. The predicted molar refractivity (Wildman–Crippen MR) is 112 cm³/mol. The van der Waals surface area contributed by atoms with Gasteiger partial charge in [-0.15, -0.1) is 22.7 Å². The number of aryl methyl sites for hydroxylation is 4. The average molecular weight is 384 g/mol. The topological polar surface area (TPSA) is 12.9 Å². The Morgan fingerprint density at radius 1 is 0.800 bits per heavy atom. The zero-order valence-corrected chi connectivity index (χ0v) is 17.0. The number of para-hydroxylation sites is 1. The second-order valence-electron chi connectivity index (χ2n) is 6.32. The third kappa shape index (κ3) is 2.80. The van der Waals surface area contributed by atoms with Crippen molar-refractivity contribution in [3.63, 3.8) is 0 Å². The van der Waals surface area contributed by atoms with Crippen LogP contribution in [-0.2, 0) is 0 Å². The van der Waals surface area contributed by atoms with Gasteiger partial charge in [0.1, 0.15) is 5.15 Å². The van der Waals surface area contributed by atoms with Crippen LogP contribution in [0.1, 0.15) is 19.5 Å². The third-order valence-corrected chi connectivity index (χ3v) is 6.67. The van der Waals surface area contributed by atoms with E-state index < -0.39 is 0 Å². The van der Waals surface area contributed by atoms with Crippen molar-refractivity contribution >= 4 is 45.2 Å². The lowest BCUT2D eigenvalue weighted by molar-refractivity contribution is 1.40. The Balaban J connectivity index is 2.19. The van der Waals surface area contributed by atoms with E-state index >= 15 is 0 Å².